The van der Waals surface area contributed by atoms with Gasteiger partial charge in [0.25, 0.3) is 0 Å². The molecule has 28 heavy (non-hydrogen) atoms. The van der Waals surface area contributed by atoms with E-state index in [4.69, 9.17) is 9.47 Å². The van der Waals surface area contributed by atoms with Gasteiger partial charge < -0.3 is 24.5 Å². The molecule has 0 fully saturated rings. The fraction of sp³-hybridized carbons (Fsp3) is 0.318. The van der Waals surface area contributed by atoms with Crippen molar-refractivity contribution in [3.05, 3.63) is 53.7 Å². The number of methoxy groups -OCH3 is 2. The molecule has 3 aromatic rings. The molecule has 2 N–H and O–H groups in total. The lowest BCUT2D eigenvalue weighted by Crippen LogP contribution is -2.27. The molecule has 6 nitrogen and oxygen atoms in total. The molecule has 0 radical (unpaired) electrons. The molecular formula is C22H26N2O4. The highest BCUT2D eigenvalue weighted by Gasteiger charge is 2.12. The number of phenols is 1. The average Bonchev–Trinajstić information content (AvgIpc) is 3.01. The molecule has 1 aromatic heterocycles. The van der Waals surface area contributed by atoms with Gasteiger partial charge in [0.2, 0.25) is 11.7 Å². The van der Waals surface area contributed by atoms with Crippen molar-refractivity contribution in [1.29, 1.82) is 0 Å². The van der Waals surface area contributed by atoms with Crippen LogP contribution in [0.15, 0.2) is 42.5 Å². The maximum absolute atomic E-state index is 12.2. The van der Waals surface area contributed by atoms with Crippen molar-refractivity contribution in [3.63, 3.8) is 0 Å². The van der Waals surface area contributed by atoms with E-state index in [-0.39, 0.29) is 11.7 Å². The number of rotatable bonds is 8. The number of aromatic hydroxyl groups is 1. The van der Waals surface area contributed by atoms with Crippen molar-refractivity contribution in [1.82, 2.24) is 9.88 Å². The summed E-state index contributed by atoms with van der Waals surface area (Å²) >= 11 is 0. The van der Waals surface area contributed by atoms with Gasteiger partial charge >= 0.3 is 0 Å². The zero-order valence-corrected chi connectivity index (χ0v) is 16.5. The minimum atomic E-state index is -0.0246. The Morgan fingerprint density at radius 3 is 2.68 bits per heavy atom. The van der Waals surface area contributed by atoms with Gasteiger partial charge in [0.1, 0.15) is 0 Å². The number of carbonyl (C=O) groups excluding carboxylic acids is 1. The van der Waals surface area contributed by atoms with E-state index >= 15 is 0 Å². The first-order chi connectivity index (χ1) is 13.5. The number of aromatic nitrogens is 1. The lowest BCUT2D eigenvalue weighted by molar-refractivity contribution is -0.121. The van der Waals surface area contributed by atoms with Crippen LogP contribution in [0.1, 0.15) is 17.7 Å². The van der Waals surface area contributed by atoms with Crippen LogP contribution in [0.3, 0.4) is 0 Å². The Labute approximate surface area is 164 Å². The predicted molar refractivity (Wildman–Crippen MR) is 109 cm³/mol. The summed E-state index contributed by atoms with van der Waals surface area (Å²) in [6, 6.07) is 13.8. The zero-order valence-electron chi connectivity index (χ0n) is 16.5. The fourth-order valence-corrected chi connectivity index (χ4v) is 3.44. The lowest BCUT2D eigenvalue weighted by atomic mass is 10.1. The van der Waals surface area contributed by atoms with E-state index in [9.17, 15) is 9.90 Å². The van der Waals surface area contributed by atoms with E-state index < -0.39 is 0 Å². The van der Waals surface area contributed by atoms with Crippen molar-refractivity contribution < 1.29 is 19.4 Å². The Morgan fingerprint density at radius 2 is 1.93 bits per heavy atom. The summed E-state index contributed by atoms with van der Waals surface area (Å²) in [5.41, 5.74) is 3.17. The zero-order chi connectivity index (χ0) is 20.1. The van der Waals surface area contributed by atoms with Crippen molar-refractivity contribution in [2.24, 2.45) is 0 Å². The summed E-state index contributed by atoms with van der Waals surface area (Å²) in [6.07, 6.45) is 0.839. The summed E-state index contributed by atoms with van der Waals surface area (Å²) < 4.78 is 12.6. The van der Waals surface area contributed by atoms with Crippen LogP contribution in [-0.4, -0.2) is 36.3 Å². The number of phenolic OH excluding ortho intramolecular Hbond substituents is 1. The quantitative estimate of drug-likeness (QED) is 0.626. The molecule has 0 saturated heterocycles. The molecule has 1 heterocycles. The molecule has 6 heteroatoms. The molecule has 0 atom stereocenters. The Bertz CT molecular complexity index is 978. The second-order valence-corrected chi connectivity index (χ2v) is 6.70. The number of amides is 1. The lowest BCUT2D eigenvalue weighted by Gasteiger charge is -2.12. The van der Waals surface area contributed by atoms with Crippen molar-refractivity contribution >= 4 is 16.8 Å². The van der Waals surface area contributed by atoms with Crippen LogP contribution >= 0.6 is 0 Å². The van der Waals surface area contributed by atoms with Gasteiger partial charge in [-0.2, -0.15) is 0 Å². The number of carbonyl (C=O) groups is 1. The number of nitrogens with one attached hydrogen (secondary N) is 1. The van der Waals surface area contributed by atoms with E-state index in [0.29, 0.717) is 30.9 Å². The highest BCUT2D eigenvalue weighted by atomic mass is 16.5. The summed E-state index contributed by atoms with van der Waals surface area (Å²) in [5, 5.41) is 14.2. The van der Waals surface area contributed by atoms with Gasteiger partial charge in [-0.15, -0.1) is 0 Å². The molecule has 0 aliphatic carbocycles. The molecule has 1 amide bonds. The SMILES string of the molecule is COc1cc(CCC(=O)NCCn2c(C)cc3ccccc32)cc(O)c1OC. The molecule has 0 bridgehead atoms. The van der Waals surface area contributed by atoms with Gasteiger partial charge in [0.15, 0.2) is 11.5 Å². The average molecular weight is 382 g/mol. The maximum atomic E-state index is 12.2. The molecule has 0 spiro atoms. The molecule has 0 saturated carbocycles. The van der Waals surface area contributed by atoms with Crippen LogP contribution in [-0.2, 0) is 17.8 Å². The monoisotopic (exact) mass is 382 g/mol. The van der Waals surface area contributed by atoms with E-state index in [1.807, 2.05) is 12.1 Å². The first kappa shape index (κ1) is 19.6. The third-order valence-corrected chi connectivity index (χ3v) is 4.84. The Kier molecular flexibility index (Phi) is 6.09. The highest BCUT2D eigenvalue weighted by molar-refractivity contribution is 5.81. The van der Waals surface area contributed by atoms with Gasteiger partial charge in [-0.1, -0.05) is 18.2 Å². The number of ether oxygens (including phenoxy) is 2. The van der Waals surface area contributed by atoms with Crippen LogP contribution in [0, 0.1) is 6.92 Å². The minimum Gasteiger partial charge on any atom is -0.504 e. The number of benzene rings is 2. The van der Waals surface area contributed by atoms with E-state index in [1.165, 1.54) is 30.8 Å². The second kappa shape index (κ2) is 8.69. The fourth-order valence-electron chi connectivity index (χ4n) is 3.44. The van der Waals surface area contributed by atoms with Crippen molar-refractivity contribution in [2.45, 2.75) is 26.3 Å². The van der Waals surface area contributed by atoms with Gasteiger partial charge in [-0.3, -0.25) is 4.79 Å². The molecule has 148 valence electrons. The maximum Gasteiger partial charge on any atom is 0.220 e. The van der Waals surface area contributed by atoms with Crippen LogP contribution < -0.4 is 14.8 Å². The largest absolute Gasteiger partial charge is 0.504 e. The molecule has 0 unspecified atom stereocenters. The van der Waals surface area contributed by atoms with Gasteiger partial charge in [0.05, 0.1) is 14.2 Å². The first-order valence-electron chi connectivity index (χ1n) is 9.29. The molecule has 3 rings (SSSR count). The Morgan fingerprint density at radius 1 is 1.14 bits per heavy atom. The van der Waals surface area contributed by atoms with Crippen LogP contribution in [0.25, 0.3) is 10.9 Å². The van der Waals surface area contributed by atoms with Gasteiger partial charge in [-0.05, 0) is 48.6 Å². The third-order valence-electron chi connectivity index (χ3n) is 4.84. The minimum absolute atomic E-state index is 0.00668. The standard InChI is InChI=1S/C22H26N2O4/c1-15-12-17-6-4-5-7-18(17)24(15)11-10-23-21(26)9-8-16-13-19(25)22(28-3)20(14-16)27-2/h4-7,12-14,25H,8-11H2,1-3H3,(H,23,26). The number of hydrogen-bond donors (Lipinski definition) is 2. The number of para-hydroxylation sites is 1. The smallest absolute Gasteiger partial charge is 0.220 e. The molecular weight excluding hydrogens is 356 g/mol. The van der Waals surface area contributed by atoms with Gasteiger partial charge in [-0.25, -0.2) is 0 Å². The van der Waals surface area contributed by atoms with E-state index in [0.717, 1.165) is 12.1 Å². The topological polar surface area (TPSA) is 72.7 Å². The number of aryl methyl sites for hydroxylation is 2. The highest BCUT2D eigenvalue weighted by Crippen LogP contribution is 2.37. The Balaban J connectivity index is 1.54. The predicted octanol–water partition coefficient (Wildman–Crippen LogP) is 3.42. The van der Waals surface area contributed by atoms with Gasteiger partial charge in [0, 0.05) is 30.7 Å². The normalized spacial score (nSPS) is 10.8. The summed E-state index contributed by atoms with van der Waals surface area (Å²) in [4.78, 5) is 12.2. The van der Waals surface area contributed by atoms with Crippen LogP contribution in [0.5, 0.6) is 17.2 Å². The molecule has 0 aliphatic rings. The first-order valence-corrected chi connectivity index (χ1v) is 9.29. The summed E-state index contributed by atoms with van der Waals surface area (Å²) in [6.45, 7) is 3.36. The van der Waals surface area contributed by atoms with Crippen LogP contribution in [0.2, 0.25) is 0 Å². The second-order valence-electron chi connectivity index (χ2n) is 6.70. The number of nitrogens with zero attached hydrogens (tertiary/aromatic N) is 1. The van der Waals surface area contributed by atoms with Crippen molar-refractivity contribution in [3.8, 4) is 17.2 Å². The van der Waals surface area contributed by atoms with Crippen molar-refractivity contribution in [2.75, 3.05) is 20.8 Å². The Hall–Kier alpha value is -3.15. The van der Waals surface area contributed by atoms with E-state index in [1.54, 1.807) is 12.1 Å². The van der Waals surface area contributed by atoms with Crippen LogP contribution in [0.4, 0.5) is 0 Å². The molecule has 2 aromatic carbocycles. The summed E-state index contributed by atoms with van der Waals surface area (Å²) in [7, 11) is 2.99. The summed E-state index contributed by atoms with van der Waals surface area (Å²) in [5.74, 6) is 0.730. The number of hydrogen-bond acceptors (Lipinski definition) is 4. The number of fused-ring (bicyclic) bond motifs is 1. The molecule has 0 aliphatic heterocycles. The van der Waals surface area contributed by atoms with E-state index in [2.05, 4.69) is 35.0 Å². The third kappa shape index (κ3) is 4.22.